The Hall–Kier alpha value is -3.48. The molecule has 1 aliphatic rings. The van der Waals surface area contributed by atoms with Gasteiger partial charge in [0.25, 0.3) is 0 Å². The van der Waals surface area contributed by atoms with Gasteiger partial charge in [-0.25, -0.2) is 9.78 Å². The summed E-state index contributed by atoms with van der Waals surface area (Å²) < 4.78 is 0. The number of carboxylic acids is 2. The second-order valence-electron chi connectivity index (χ2n) is 7.22. The van der Waals surface area contributed by atoms with E-state index in [0.717, 1.165) is 6.42 Å². The summed E-state index contributed by atoms with van der Waals surface area (Å²) in [5, 5.41) is 28.2. The van der Waals surface area contributed by atoms with Gasteiger partial charge in [0.2, 0.25) is 17.7 Å². The van der Waals surface area contributed by atoms with Crippen LogP contribution in [-0.4, -0.2) is 80.6 Å². The lowest BCUT2D eigenvalue weighted by molar-refractivity contribution is -0.147. The Morgan fingerprint density at radius 1 is 1.13 bits per heavy atom. The van der Waals surface area contributed by atoms with E-state index in [0.29, 0.717) is 18.7 Å². The highest BCUT2D eigenvalue weighted by Gasteiger charge is 2.31. The summed E-state index contributed by atoms with van der Waals surface area (Å²) in [4.78, 5) is 66.1. The third kappa shape index (κ3) is 7.37. The predicted octanol–water partition coefficient (Wildman–Crippen LogP) is -2.26. The van der Waals surface area contributed by atoms with Crippen LogP contribution in [0.4, 0.5) is 0 Å². The maximum absolute atomic E-state index is 12.6. The van der Waals surface area contributed by atoms with Crippen LogP contribution in [0, 0.1) is 0 Å². The second kappa shape index (κ2) is 11.1. The van der Waals surface area contributed by atoms with Crippen molar-refractivity contribution in [2.75, 3.05) is 6.54 Å². The normalized spacial score (nSPS) is 18.4. The molecule has 1 aromatic rings. The second-order valence-corrected chi connectivity index (χ2v) is 7.22. The molecule has 1 saturated heterocycles. The van der Waals surface area contributed by atoms with Crippen LogP contribution in [0.25, 0.3) is 0 Å². The zero-order valence-electron chi connectivity index (χ0n) is 16.9. The number of aliphatic carboxylic acids is 2. The lowest BCUT2D eigenvalue weighted by Gasteiger charge is -2.23. The molecule has 0 saturated carbocycles. The first-order valence-electron chi connectivity index (χ1n) is 9.73. The van der Waals surface area contributed by atoms with E-state index in [1.54, 1.807) is 0 Å². The fraction of sp³-hybridized carbons (Fsp3) is 0.556. The molecule has 1 aromatic heterocycles. The first-order chi connectivity index (χ1) is 14.7. The van der Waals surface area contributed by atoms with Gasteiger partial charge < -0.3 is 36.5 Å². The number of amides is 3. The lowest BCUT2D eigenvalue weighted by atomic mass is 10.1. The molecule has 4 atom stereocenters. The van der Waals surface area contributed by atoms with Gasteiger partial charge in [0.15, 0.2) is 0 Å². The molecule has 1 fully saturated rings. The Bertz CT molecular complexity index is 806. The van der Waals surface area contributed by atoms with Crippen molar-refractivity contribution in [2.24, 2.45) is 0 Å². The highest BCUT2D eigenvalue weighted by atomic mass is 16.4. The van der Waals surface area contributed by atoms with Gasteiger partial charge in [-0.15, -0.1) is 0 Å². The Morgan fingerprint density at radius 2 is 1.84 bits per heavy atom. The van der Waals surface area contributed by atoms with Crippen LogP contribution in [0.15, 0.2) is 12.5 Å². The summed E-state index contributed by atoms with van der Waals surface area (Å²) in [7, 11) is 0. The van der Waals surface area contributed by atoms with Gasteiger partial charge in [-0.1, -0.05) is 0 Å². The molecule has 0 bridgehead atoms. The van der Waals surface area contributed by atoms with Crippen molar-refractivity contribution in [2.45, 2.75) is 56.8 Å². The Kier molecular flexibility index (Phi) is 8.49. The minimum absolute atomic E-state index is 0.0537. The Balaban J connectivity index is 2.04. The minimum Gasteiger partial charge on any atom is -0.481 e. The third-order valence-electron chi connectivity index (χ3n) is 4.73. The molecule has 0 spiro atoms. The number of nitrogens with zero attached hydrogens (tertiary/aromatic N) is 1. The molecule has 3 amide bonds. The smallest absolute Gasteiger partial charge is 0.326 e. The standard InChI is InChI=1S/C18H26N6O7/c1-9(22-16(28)11-3-2-4-20-11)15(27)23-12(5-10-7-19-8-21-10)17(29)24-13(18(30)31)6-14(25)26/h7-9,11-13,20H,2-6H2,1H3,(H,19,21)(H,22,28)(H,23,27)(H,24,29)(H,25,26)(H,30,31). The fourth-order valence-electron chi connectivity index (χ4n) is 3.06. The summed E-state index contributed by atoms with van der Waals surface area (Å²) in [6.07, 6.45) is 3.43. The van der Waals surface area contributed by atoms with Crippen LogP contribution in [-0.2, 0) is 30.4 Å². The summed E-state index contributed by atoms with van der Waals surface area (Å²) in [6, 6.07) is -4.24. The predicted molar refractivity (Wildman–Crippen MR) is 105 cm³/mol. The molecule has 31 heavy (non-hydrogen) atoms. The SMILES string of the molecule is CC(NC(=O)C1CCCN1)C(=O)NC(Cc1cnc[nH]1)C(=O)NC(CC(=O)O)C(=O)O. The number of imidazole rings is 1. The number of aromatic amines is 1. The van der Waals surface area contributed by atoms with Crippen LogP contribution in [0.5, 0.6) is 0 Å². The van der Waals surface area contributed by atoms with Gasteiger partial charge in [-0.2, -0.15) is 0 Å². The average Bonchev–Trinajstić information content (AvgIpc) is 3.40. The van der Waals surface area contributed by atoms with Gasteiger partial charge in [-0.05, 0) is 26.3 Å². The molecular weight excluding hydrogens is 412 g/mol. The van der Waals surface area contributed by atoms with Crippen molar-refractivity contribution < 1.29 is 34.2 Å². The fourth-order valence-corrected chi connectivity index (χ4v) is 3.06. The Labute approximate surface area is 177 Å². The molecule has 1 aliphatic heterocycles. The summed E-state index contributed by atoms with van der Waals surface area (Å²) in [6.45, 7) is 2.17. The van der Waals surface area contributed by atoms with Crippen LogP contribution in [0.2, 0.25) is 0 Å². The van der Waals surface area contributed by atoms with E-state index in [4.69, 9.17) is 10.2 Å². The molecule has 4 unspecified atom stereocenters. The van der Waals surface area contributed by atoms with Crippen molar-refractivity contribution in [3.8, 4) is 0 Å². The number of hydrogen-bond acceptors (Lipinski definition) is 7. The van der Waals surface area contributed by atoms with E-state index in [-0.39, 0.29) is 18.4 Å². The largest absolute Gasteiger partial charge is 0.481 e. The van der Waals surface area contributed by atoms with E-state index >= 15 is 0 Å². The van der Waals surface area contributed by atoms with Gasteiger partial charge in [0.1, 0.15) is 18.1 Å². The molecule has 0 aliphatic carbocycles. The van der Waals surface area contributed by atoms with Crippen molar-refractivity contribution >= 4 is 29.7 Å². The number of hydrogen-bond donors (Lipinski definition) is 7. The maximum Gasteiger partial charge on any atom is 0.326 e. The van der Waals surface area contributed by atoms with Gasteiger partial charge in [0.05, 0.1) is 18.8 Å². The van der Waals surface area contributed by atoms with E-state index in [1.165, 1.54) is 19.4 Å². The van der Waals surface area contributed by atoms with E-state index in [1.807, 2.05) is 0 Å². The zero-order chi connectivity index (χ0) is 23.0. The first kappa shape index (κ1) is 23.8. The van der Waals surface area contributed by atoms with Crippen molar-refractivity contribution in [3.63, 3.8) is 0 Å². The van der Waals surface area contributed by atoms with E-state index in [2.05, 4.69) is 31.2 Å². The van der Waals surface area contributed by atoms with Crippen molar-refractivity contribution in [1.29, 1.82) is 0 Å². The maximum atomic E-state index is 12.6. The van der Waals surface area contributed by atoms with E-state index in [9.17, 15) is 24.0 Å². The Morgan fingerprint density at radius 3 is 2.39 bits per heavy atom. The number of aromatic nitrogens is 2. The molecule has 170 valence electrons. The van der Waals surface area contributed by atoms with Crippen molar-refractivity contribution in [3.05, 3.63) is 18.2 Å². The first-order valence-corrected chi connectivity index (χ1v) is 9.73. The summed E-state index contributed by atoms with van der Waals surface area (Å²) >= 11 is 0. The number of carbonyl (C=O) groups excluding carboxylic acids is 3. The van der Waals surface area contributed by atoms with E-state index < -0.39 is 48.3 Å². The topological polar surface area (TPSA) is 203 Å². The molecule has 0 aromatic carbocycles. The van der Waals surface area contributed by atoms with Crippen molar-refractivity contribution in [1.82, 2.24) is 31.2 Å². The van der Waals surface area contributed by atoms with Crippen LogP contribution < -0.4 is 21.3 Å². The minimum atomic E-state index is -1.67. The number of carbonyl (C=O) groups is 5. The quantitative estimate of drug-likeness (QED) is 0.199. The third-order valence-corrected chi connectivity index (χ3v) is 4.73. The molecular formula is C18H26N6O7. The van der Waals surface area contributed by atoms with Gasteiger partial charge >= 0.3 is 11.9 Å². The van der Waals surface area contributed by atoms with Crippen LogP contribution in [0.1, 0.15) is 31.9 Å². The highest BCUT2D eigenvalue weighted by molar-refractivity contribution is 5.94. The van der Waals surface area contributed by atoms with Gasteiger partial charge in [-0.3, -0.25) is 19.2 Å². The van der Waals surface area contributed by atoms with Crippen LogP contribution in [0.3, 0.4) is 0 Å². The van der Waals surface area contributed by atoms with Crippen LogP contribution >= 0.6 is 0 Å². The highest BCUT2D eigenvalue weighted by Crippen LogP contribution is 2.06. The molecule has 13 heteroatoms. The number of H-pyrrole nitrogens is 1. The number of nitrogens with one attached hydrogen (secondary N) is 5. The molecule has 7 N–H and O–H groups in total. The lowest BCUT2D eigenvalue weighted by Crippen LogP contribution is -2.57. The summed E-state index contributed by atoms with van der Waals surface area (Å²) in [5.74, 6) is -4.79. The molecule has 0 radical (unpaired) electrons. The van der Waals surface area contributed by atoms with Gasteiger partial charge in [0, 0.05) is 18.3 Å². The average molecular weight is 438 g/mol. The molecule has 2 heterocycles. The summed E-state index contributed by atoms with van der Waals surface area (Å²) in [5.41, 5.74) is 0.484. The molecule has 2 rings (SSSR count). The zero-order valence-corrected chi connectivity index (χ0v) is 16.9. The molecule has 13 nitrogen and oxygen atoms in total. The monoisotopic (exact) mass is 438 g/mol. The number of carboxylic acid groups (broad SMARTS) is 2. The number of rotatable bonds is 11.